The third kappa shape index (κ3) is 5.43. The molecule has 2 heterocycles. The summed E-state index contributed by atoms with van der Waals surface area (Å²) >= 11 is 1.33. The molecule has 0 spiro atoms. The van der Waals surface area contributed by atoms with Gasteiger partial charge >= 0.3 is 7.12 Å². The largest absolute Gasteiger partial charge is 0.494 e. The molecule has 0 saturated carbocycles. The fraction of sp³-hybridized carbons (Fsp3) is 0.583. The number of hydrogen-bond acceptors (Lipinski definition) is 6. The van der Waals surface area contributed by atoms with Crippen molar-refractivity contribution in [3.63, 3.8) is 0 Å². The predicted molar refractivity (Wildman–Crippen MR) is 138 cm³/mol. The van der Waals surface area contributed by atoms with Gasteiger partial charge in [0.2, 0.25) is 0 Å². The van der Waals surface area contributed by atoms with Gasteiger partial charge in [-0.25, -0.2) is 4.98 Å². The van der Waals surface area contributed by atoms with E-state index in [4.69, 9.17) is 19.5 Å². The zero-order chi connectivity index (χ0) is 24.8. The molecule has 33 heavy (non-hydrogen) atoms. The summed E-state index contributed by atoms with van der Waals surface area (Å²) in [6.07, 6.45) is 1.56. The van der Waals surface area contributed by atoms with Gasteiger partial charge < -0.3 is 19.5 Å². The lowest BCUT2D eigenvalue weighted by Gasteiger charge is -2.37. The maximum absolute atomic E-state index is 11.7. The Morgan fingerprint density at radius 2 is 1.70 bits per heavy atom. The smallest absolute Gasteiger partial charge is 0.416 e. The van der Waals surface area contributed by atoms with Crippen molar-refractivity contribution in [3.05, 3.63) is 45.9 Å². The molecule has 2 aromatic rings. The predicted octanol–water partition coefficient (Wildman–Crippen LogP) is 4.69. The summed E-state index contributed by atoms with van der Waals surface area (Å²) in [4.78, 5) is 16.6. The second-order valence-electron chi connectivity index (χ2n) is 11.3. The number of benzene rings is 1. The molecular formula is C24H37BN2O4SSi. The minimum atomic E-state index is -1.97. The first-order valence-corrected chi connectivity index (χ1v) is 15.1. The second kappa shape index (κ2) is 8.93. The molecule has 6 nitrogen and oxygen atoms in total. The molecule has 0 bridgehead atoms. The Balaban J connectivity index is 1.88. The van der Waals surface area contributed by atoms with E-state index in [-0.39, 0.29) is 22.2 Å². The summed E-state index contributed by atoms with van der Waals surface area (Å²) in [7, 11) is -2.38. The van der Waals surface area contributed by atoms with Crippen molar-refractivity contribution in [2.45, 2.75) is 83.7 Å². The molecule has 2 N–H and O–H groups in total. The average Bonchev–Trinajstić information content (AvgIpc) is 3.24. The third-order valence-corrected chi connectivity index (χ3v) is 13.0. The van der Waals surface area contributed by atoms with Crippen LogP contribution in [0.15, 0.2) is 30.5 Å². The highest BCUT2D eigenvalue weighted by Crippen LogP contribution is 2.39. The minimum absolute atomic E-state index is 0.0930. The number of thiazole rings is 1. The number of carbonyl (C=O) groups excluding carboxylic acids is 1. The Bertz CT molecular complexity index is 983. The Morgan fingerprint density at radius 3 is 2.15 bits per heavy atom. The normalized spacial score (nSPS) is 19.0. The quantitative estimate of drug-likeness (QED) is 0.572. The molecule has 0 aliphatic carbocycles. The first kappa shape index (κ1) is 26.1. The number of amides is 1. The molecular weight excluding hydrogens is 451 g/mol. The van der Waals surface area contributed by atoms with Gasteiger partial charge in [0.05, 0.1) is 23.3 Å². The fourth-order valence-electron chi connectivity index (χ4n) is 3.25. The van der Waals surface area contributed by atoms with Gasteiger partial charge in [-0.05, 0) is 56.9 Å². The molecule has 1 fully saturated rings. The Morgan fingerprint density at radius 1 is 1.15 bits per heavy atom. The van der Waals surface area contributed by atoms with Crippen molar-refractivity contribution in [3.8, 4) is 0 Å². The highest BCUT2D eigenvalue weighted by molar-refractivity contribution is 7.13. The van der Waals surface area contributed by atoms with Crippen molar-refractivity contribution in [1.82, 2.24) is 4.98 Å². The fourth-order valence-corrected chi connectivity index (χ4v) is 5.14. The lowest BCUT2D eigenvalue weighted by atomic mass is 9.78. The van der Waals surface area contributed by atoms with E-state index in [2.05, 4.69) is 51.0 Å². The lowest BCUT2D eigenvalue weighted by molar-refractivity contribution is 0.00578. The Hall–Kier alpha value is -1.52. The van der Waals surface area contributed by atoms with E-state index in [0.29, 0.717) is 11.5 Å². The number of primary amides is 1. The van der Waals surface area contributed by atoms with Crippen molar-refractivity contribution in [2.75, 3.05) is 6.61 Å². The van der Waals surface area contributed by atoms with Gasteiger partial charge in [0.1, 0.15) is 9.88 Å². The topological polar surface area (TPSA) is 83.7 Å². The van der Waals surface area contributed by atoms with Gasteiger partial charge in [-0.2, -0.15) is 0 Å². The van der Waals surface area contributed by atoms with E-state index in [1.54, 1.807) is 6.20 Å². The van der Waals surface area contributed by atoms with E-state index in [0.717, 1.165) is 16.0 Å². The molecule has 1 saturated heterocycles. The zero-order valence-electron chi connectivity index (χ0n) is 21.3. The monoisotopic (exact) mass is 488 g/mol. The van der Waals surface area contributed by atoms with Crippen LogP contribution < -0.4 is 11.2 Å². The molecule has 0 radical (unpaired) electrons. The molecule has 3 rings (SSSR count). The number of rotatable bonds is 7. The highest BCUT2D eigenvalue weighted by atomic mass is 32.1. The van der Waals surface area contributed by atoms with E-state index in [1.165, 1.54) is 11.3 Å². The first-order chi connectivity index (χ1) is 15.0. The van der Waals surface area contributed by atoms with E-state index in [9.17, 15) is 4.79 Å². The lowest BCUT2D eigenvalue weighted by Crippen LogP contribution is -2.41. The van der Waals surface area contributed by atoms with E-state index in [1.807, 2.05) is 39.8 Å². The van der Waals surface area contributed by atoms with Crippen molar-refractivity contribution >= 4 is 38.1 Å². The molecule has 1 amide bonds. The number of nitrogens with zero attached hydrogens (tertiary/aromatic N) is 1. The van der Waals surface area contributed by atoms with Crippen LogP contribution in [0.25, 0.3) is 0 Å². The second-order valence-corrected chi connectivity index (χ2v) is 17.2. The standard InChI is InChI=1S/C24H37BN2O4SSi/c1-22(2,3)33(8,9)29-15-18(21-27-14-19(32-21)20(26)28)16-10-12-17(13-11-16)25-30-23(4,5)24(6,7)31-25/h10-14,18H,15H2,1-9H3,(H2,26,28). The SMILES string of the molecule is CC1(C)OB(c2ccc(C(CO[Si](C)(C)C(C)(C)C)c3ncc(C(N)=O)s3)cc2)OC1(C)C. The van der Waals surface area contributed by atoms with Crippen LogP contribution in [0.5, 0.6) is 0 Å². The van der Waals surface area contributed by atoms with Crippen LogP contribution in [0.4, 0.5) is 0 Å². The van der Waals surface area contributed by atoms with Crippen LogP contribution in [0.3, 0.4) is 0 Å². The third-order valence-electron chi connectivity index (χ3n) is 7.35. The van der Waals surface area contributed by atoms with E-state index >= 15 is 0 Å². The van der Waals surface area contributed by atoms with Gasteiger partial charge in [-0.3, -0.25) is 4.79 Å². The van der Waals surface area contributed by atoms with Gasteiger partial charge in [-0.1, -0.05) is 45.0 Å². The number of hydrogen-bond donors (Lipinski definition) is 1. The summed E-state index contributed by atoms with van der Waals surface area (Å²) < 4.78 is 18.9. The average molecular weight is 489 g/mol. The maximum Gasteiger partial charge on any atom is 0.494 e. The molecule has 1 aromatic carbocycles. The maximum atomic E-state index is 11.7. The van der Waals surface area contributed by atoms with Gasteiger partial charge in [0, 0.05) is 6.61 Å². The summed E-state index contributed by atoms with van der Waals surface area (Å²) in [6.45, 7) is 19.8. The molecule has 1 aliphatic rings. The zero-order valence-corrected chi connectivity index (χ0v) is 23.1. The van der Waals surface area contributed by atoms with Crippen molar-refractivity contribution in [1.29, 1.82) is 0 Å². The minimum Gasteiger partial charge on any atom is -0.416 e. The van der Waals surface area contributed by atoms with Crippen LogP contribution in [-0.4, -0.2) is 44.1 Å². The van der Waals surface area contributed by atoms with Crippen molar-refractivity contribution < 1.29 is 18.5 Å². The molecule has 1 atom stereocenters. The molecule has 1 unspecified atom stereocenters. The van der Waals surface area contributed by atoms with Gasteiger partial charge in [-0.15, -0.1) is 11.3 Å². The molecule has 9 heteroatoms. The summed E-state index contributed by atoms with van der Waals surface area (Å²) in [5.74, 6) is -0.552. The molecule has 1 aromatic heterocycles. The number of carbonyl (C=O) groups is 1. The summed E-state index contributed by atoms with van der Waals surface area (Å²) in [5.41, 5.74) is 6.74. The number of aromatic nitrogens is 1. The van der Waals surface area contributed by atoms with Crippen LogP contribution in [0.2, 0.25) is 18.1 Å². The van der Waals surface area contributed by atoms with Crippen LogP contribution in [-0.2, 0) is 13.7 Å². The van der Waals surface area contributed by atoms with Gasteiger partial charge in [0.15, 0.2) is 8.32 Å². The van der Waals surface area contributed by atoms with E-state index < -0.39 is 21.3 Å². The first-order valence-electron chi connectivity index (χ1n) is 11.4. The summed E-state index contributed by atoms with van der Waals surface area (Å²) in [6, 6.07) is 8.23. The van der Waals surface area contributed by atoms with Crippen LogP contribution in [0.1, 0.15) is 74.6 Å². The molecule has 180 valence electrons. The Labute approximate surface area is 203 Å². The van der Waals surface area contributed by atoms with Crippen LogP contribution in [0, 0.1) is 0 Å². The highest BCUT2D eigenvalue weighted by Gasteiger charge is 2.51. The number of nitrogens with two attached hydrogens (primary N) is 1. The van der Waals surface area contributed by atoms with Crippen molar-refractivity contribution in [2.24, 2.45) is 5.73 Å². The summed E-state index contributed by atoms with van der Waals surface area (Å²) in [5, 5.41) is 0.922. The van der Waals surface area contributed by atoms with Gasteiger partial charge in [0.25, 0.3) is 5.91 Å². The molecule has 1 aliphatic heterocycles. The Kier molecular flexibility index (Phi) is 7.06. The van der Waals surface area contributed by atoms with Crippen LogP contribution >= 0.6 is 11.3 Å².